The maximum Gasteiger partial charge on any atom is 0.215 e. The van der Waals surface area contributed by atoms with Gasteiger partial charge in [-0.05, 0) is 32.4 Å². The smallest absolute Gasteiger partial charge is 0.215 e. The molecule has 25 heavy (non-hydrogen) atoms. The Bertz CT molecular complexity index is 1100. The molecule has 0 spiro atoms. The SMILES string of the molecule is CCOc1cccc(-n2nc(C)c3c(N)c4cccc(C)c4nc32)n1. The number of hydrogen-bond donors (Lipinski definition) is 1. The number of nitrogens with zero attached hydrogens (tertiary/aromatic N) is 4. The molecule has 0 unspecified atom stereocenters. The molecule has 0 atom stereocenters. The van der Waals surface area contributed by atoms with Gasteiger partial charge >= 0.3 is 0 Å². The highest BCUT2D eigenvalue weighted by atomic mass is 16.5. The van der Waals surface area contributed by atoms with E-state index in [0.29, 0.717) is 29.6 Å². The van der Waals surface area contributed by atoms with E-state index in [1.54, 1.807) is 4.68 Å². The van der Waals surface area contributed by atoms with Crippen molar-refractivity contribution in [3.63, 3.8) is 0 Å². The summed E-state index contributed by atoms with van der Waals surface area (Å²) in [6.07, 6.45) is 0. The number of nitrogens with two attached hydrogens (primary N) is 1. The molecule has 6 heteroatoms. The van der Waals surface area contributed by atoms with E-state index < -0.39 is 0 Å². The number of pyridine rings is 2. The maximum absolute atomic E-state index is 6.45. The predicted molar refractivity (Wildman–Crippen MR) is 99.2 cm³/mol. The molecule has 6 nitrogen and oxygen atoms in total. The molecule has 2 N–H and O–H groups in total. The van der Waals surface area contributed by atoms with Crippen LogP contribution in [0.2, 0.25) is 0 Å². The van der Waals surface area contributed by atoms with Gasteiger partial charge in [0, 0.05) is 11.5 Å². The van der Waals surface area contributed by atoms with Crippen LogP contribution in [-0.4, -0.2) is 26.4 Å². The second kappa shape index (κ2) is 5.73. The van der Waals surface area contributed by atoms with Crippen molar-refractivity contribution in [3.8, 4) is 11.7 Å². The zero-order valence-electron chi connectivity index (χ0n) is 14.4. The summed E-state index contributed by atoms with van der Waals surface area (Å²) in [6.45, 7) is 6.45. The molecule has 0 saturated carbocycles. The summed E-state index contributed by atoms with van der Waals surface area (Å²) in [6, 6.07) is 11.6. The van der Waals surface area contributed by atoms with Crippen molar-refractivity contribution in [2.45, 2.75) is 20.8 Å². The number of fused-ring (bicyclic) bond motifs is 2. The molecule has 4 rings (SSSR count). The summed E-state index contributed by atoms with van der Waals surface area (Å²) in [4.78, 5) is 9.38. The minimum Gasteiger partial charge on any atom is -0.478 e. The monoisotopic (exact) mass is 333 g/mol. The summed E-state index contributed by atoms with van der Waals surface area (Å²) in [5.74, 6) is 1.22. The van der Waals surface area contributed by atoms with Crippen LogP contribution in [0.15, 0.2) is 36.4 Å². The molecule has 1 aromatic carbocycles. The number of aryl methyl sites for hydroxylation is 2. The van der Waals surface area contributed by atoms with E-state index in [2.05, 4.69) is 10.1 Å². The standard InChI is InChI=1S/C19H19N5O/c1-4-25-15-10-6-9-14(21-15)24-19-16(12(3)23-24)17(20)13-8-5-7-11(2)18(13)22-19/h5-10H,4H2,1-3H3,(H2,20,22). The molecule has 0 aliphatic rings. The number of anilines is 1. The summed E-state index contributed by atoms with van der Waals surface area (Å²) in [5, 5.41) is 6.44. The summed E-state index contributed by atoms with van der Waals surface area (Å²) >= 11 is 0. The first-order valence-electron chi connectivity index (χ1n) is 8.24. The van der Waals surface area contributed by atoms with Gasteiger partial charge in [0.15, 0.2) is 11.5 Å². The predicted octanol–water partition coefficient (Wildman–Crippen LogP) is 3.57. The van der Waals surface area contributed by atoms with Gasteiger partial charge in [0.2, 0.25) is 5.88 Å². The third kappa shape index (κ3) is 2.38. The van der Waals surface area contributed by atoms with E-state index in [-0.39, 0.29) is 0 Å². The Kier molecular flexibility index (Phi) is 3.53. The first-order chi connectivity index (χ1) is 12.1. The van der Waals surface area contributed by atoms with Crippen LogP contribution in [0.1, 0.15) is 18.2 Å². The second-order valence-electron chi connectivity index (χ2n) is 5.96. The van der Waals surface area contributed by atoms with E-state index >= 15 is 0 Å². The van der Waals surface area contributed by atoms with Crippen LogP contribution < -0.4 is 10.5 Å². The molecule has 0 amide bonds. The van der Waals surface area contributed by atoms with Crippen LogP contribution in [0, 0.1) is 13.8 Å². The molecule has 126 valence electrons. The summed E-state index contributed by atoms with van der Waals surface area (Å²) < 4.78 is 7.23. The zero-order chi connectivity index (χ0) is 17.6. The van der Waals surface area contributed by atoms with Gasteiger partial charge < -0.3 is 10.5 Å². The van der Waals surface area contributed by atoms with Crippen molar-refractivity contribution in [1.29, 1.82) is 0 Å². The van der Waals surface area contributed by atoms with Crippen molar-refractivity contribution >= 4 is 27.6 Å². The summed E-state index contributed by atoms with van der Waals surface area (Å²) in [7, 11) is 0. The topological polar surface area (TPSA) is 78.9 Å². The molecule has 0 aliphatic carbocycles. The highest BCUT2D eigenvalue weighted by Crippen LogP contribution is 2.32. The highest BCUT2D eigenvalue weighted by Gasteiger charge is 2.17. The van der Waals surface area contributed by atoms with Gasteiger partial charge in [-0.1, -0.05) is 24.3 Å². The van der Waals surface area contributed by atoms with Crippen molar-refractivity contribution in [1.82, 2.24) is 19.7 Å². The highest BCUT2D eigenvalue weighted by molar-refractivity contribution is 6.07. The molecule has 0 radical (unpaired) electrons. The third-order valence-corrected chi connectivity index (χ3v) is 4.27. The van der Waals surface area contributed by atoms with Gasteiger partial charge in [0.05, 0.1) is 28.9 Å². The van der Waals surface area contributed by atoms with Gasteiger partial charge in [0.1, 0.15) is 0 Å². The number of aromatic nitrogens is 4. The Morgan fingerprint density at radius 1 is 1.08 bits per heavy atom. The van der Waals surface area contributed by atoms with Gasteiger partial charge in [-0.25, -0.2) is 4.98 Å². The molecular weight excluding hydrogens is 314 g/mol. The van der Waals surface area contributed by atoms with Crippen LogP contribution in [0.3, 0.4) is 0 Å². The van der Waals surface area contributed by atoms with Gasteiger partial charge in [-0.15, -0.1) is 0 Å². The van der Waals surface area contributed by atoms with Gasteiger partial charge in [-0.3, -0.25) is 0 Å². The Morgan fingerprint density at radius 2 is 1.88 bits per heavy atom. The largest absolute Gasteiger partial charge is 0.478 e. The lowest BCUT2D eigenvalue weighted by Gasteiger charge is -2.08. The molecule has 0 fully saturated rings. The normalized spacial score (nSPS) is 11.3. The van der Waals surface area contributed by atoms with Gasteiger partial charge in [-0.2, -0.15) is 14.8 Å². The Morgan fingerprint density at radius 3 is 2.68 bits per heavy atom. The lowest BCUT2D eigenvalue weighted by atomic mass is 10.1. The summed E-state index contributed by atoms with van der Waals surface area (Å²) in [5.41, 5.74) is 10.6. The quantitative estimate of drug-likeness (QED) is 0.620. The minimum atomic E-state index is 0.560. The lowest BCUT2D eigenvalue weighted by Crippen LogP contribution is -2.03. The molecule has 0 saturated heterocycles. The zero-order valence-corrected chi connectivity index (χ0v) is 14.4. The number of benzene rings is 1. The number of ether oxygens (including phenoxy) is 1. The van der Waals surface area contributed by atoms with E-state index in [1.807, 2.05) is 57.2 Å². The average Bonchev–Trinajstić information content (AvgIpc) is 2.94. The van der Waals surface area contributed by atoms with E-state index in [9.17, 15) is 0 Å². The first-order valence-corrected chi connectivity index (χ1v) is 8.24. The fourth-order valence-electron chi connectivity index (χ4n) is 3.11. The van der Waals surface area contributed by atoms with Crippen LogP contribution in [-0.2, 0) is 0 Å². The molecule has 3 heterocycles. The lowest BCUT2D eigenvalue weighted by molar-refractivity contribution is 0.326. The fourth-order valence-corrected chi connectivity index (χ4v) is 3.11. The Hall–Kier alpha value is -3.15. The van der Waals surface area contributed by atoms with Crippen LogP contribution in [0.4, 0.5) is 5.69 Å². The third-order valence-electron chi connectivity index (χ3n) is 4.27. The van der Waals surface area contributed by atoms with E-state index in [0.717, 1.165) is 27.5 Å². The molecular formula is C19H19N5O. The molecule has 3 aromatic heterocycles. The van der Waals surface area contributed by atoms with Crippen molar-refractivity contribution in [2.75, 3.05) is 12.3 Å². The van der Waals surface area contributed by atoms with Crippen LogP contribution in [0.25, 0.3) is 27.8 Å². The Labute approximate surface area is 145 Å². The van der Waals surface area contributed by atoms with E-state index in [1.165, 1.54) is 0 Å². The fraction of sp³-hybridized carbons (Fsp3) is 0.211. The average molecular weight is 333 g/mol. The second-order valence-corrected chi connectivity index (χ2v) is 5.96. The molecule has 4 aromatic rings. The minimum absolute atomic E-state index is 0.560. The van der Waals surface area contributed by atoms with Crippen LogP contribution in [0.5, 0.6) is 5.88 Å². The van der Waals surface area contributed by atoms with Crippen molar-refractivity contribution < 1.29 is 4.74 Å². The van der Waals surface area contributed by atoms with E-state index in [4.69, 9.17) is 15.5 Å². The number of hydrogen-bond acceptors (Lipinski definition) is 5. The first kappa shape index (κ1) is 15.4. The number of nitrogen functional groups attached to an aromatic ring is 1. The number of rotatable bonds is 3. The van der Waals surface area contributed by atoms with Crippen LogP contribution >= 0.6 is 0 Å². The maximum atomic E-state index is 6.45. The molecule has 0 bridgehead atoms. The van der Waals surface area contributed by atoms with Crippen molar-refractivity contribution in [2.24, 2.45) is 0 Å². The molecule has 0 aliphatic heterocycles. The van der Waals surface area contributed by atoms with Crippen molar-refractivity contribution in [3.05, 3.63) is 47.7 Å². The number of para-hydroxylation sites is 1. The van der Waals surface area contributed by atoms with Gasteiger partial charge in [0.25, 0.3) is 0 Å². The Balaban J connectivity index is 2.04.